The zero-order valence-corrected chi connectivity index (χ0v) is 19.4. The second-order valence-electron chi connectivity index (χ2n) is 8.84. The Kier molecular flexibility index (Phi) is 6.06. The van der Waals surface area contributed by atoms with Crippen molar-refractivity contribution in [1.82, 2.24) is 25.1 Å². The average Bonchev–Trinajstić information content (AvgIpc) is 3.29. The van der Waals surface area contributed by atoms with Gasteiger partial charge in [-0.1, -0.05) is 0 Å². The van der Waals surface area contributed by atoms with Gasteiger partial charge in [0.25, 0.3) is 5.91 Å². The molecule has 3 N–H and O–H groups in total. The summed E-state index contributed by atoms with van der Waals surface area (Å²) in [6.07, 6.45) is 3.62. The van der Waals surface area contributed by atoms with Gasteiger partial charge in [-0.25, -0.2) is 4.98 Å². The van der Waals surface area contributed by atoms with E-state index in [4.69, 9.17) is 4.74 Å². The largest absolute Gasteiger partial charge is 0.507 e. The van der Waals surface area contributed by atoms with E-state index in [2.05, 4.69) is 30.7 Å². The number of nitrogens with one attached hydrogen (secondary N) is 2. The fourth-order valence-electron chi connectivity index (χ4n) is 4.35. The highest BCUT2D eigenvalue weighted by molar-refractivity contribution is 5.92. The average molecular weight is 464 g/mol. The SMILES string of the molecule is CC(C)NC(=O)c1nnc(-c2cc3c(cc2O)NCCC3)n1-c1ccc(N2CCOCC2)nc1. The molecule has 1 fully saturated rings. The Hall–Kier alpha value is -3.66. The topological polar surface area (TPSA) is 117 Å². The number of morpholine rings is 1. The number of aryl methyl sites for hydroxylation is 1. The monoisotopic (exact) mass is 463 g/mol. The molecule has 0 saturated carbocycles. The Balaban J connectivity index is 1.59. The first-order chi connectivity index (χ1) is 16.5. The number of carbonyl (C=O) groups is 1. The number of anilines is 2. The van der Waals surface area contributed by atoms with Crippen LogP contribution in [0.3, 0.4) is 0 Å². The number of aromatic hydroxyl groups is 1. The maximum atomic E-state index is 13.0. The van der Waals surface area contributed by atoms with Crippen LogP contribution in [0, 0.1) is 0 Å². The van der Waals surface area contributed by atoms with Gasteiger partial charge >= 0.3 is 0 Å². The number of hydrogen-bond acceptors (Lipinski definition) is 8. The highest BCUT2D eigenvalue weighted by atomic mass is 16.5. The predicted molar refractivity (Wildman–Crippen MR) is 129 cm³/mol. The van der Waals surface area contributed by atoms with Crippen LogP contribution in [-0.4, -0.2) is 69.7 Å². The summed E-state index contributed by atoms with van der Waals surface area (Å²) in [5, 5.41) is 25.6. The lowest BCUT2D eigenvalue weighted by molar-refractivity contribution is 0.0930. The molecule has 1 amide bonds. The fraction of sp³-hybridized carbons (Fsp3) is 0.417. The van der Waals surface area contributed by atoms with Crippen molar-refractivity contribution in [2.45, 2.75) is 32.7 Å². The Morgan fingerprint density at radius 3 is 2.76 bits per heavy atom. The molecule has 1 aromatic carbocycles. The summed E-state index contributed by atoms with van der Waals surface area (Å²) in [7, 11) is 0. The molecule has 0 unspecified atom stereocenters. The van der Waals surface area contributed by atoms with Crippen molar-refractivity contribution in [3.63, 3.8) is 0 Å². The maximum absolute atomic E-state index is 13.0. The van der Waals surface area contributed by atoms with E-state index in [0.717, 1.165) is 49.5 Å². The third-order valence-electron chi connectivity index (χ3n) is 6.01. The third-order valence-corrected chi connectivity index (χ3v) is 6.01. The summed E-state index contributed by atoms with van der Waals surface area (Å²) < 4.78 is 7.09. The lowest BCUT2D eigenvalue weighted by Crippen LogP contribution is -2.36. The molecule has 5 rings (SSSR count). The van der Waals surface area contributed by atoms with Crippen LogP contribution in [0.15, 0.2) is 30.5 Å². The first-order valence-corrected chi connectivity index (χ1v) is 11.7. The molecule has 34 heavy (non-hydrogen) atoms. The van der Waals surface area contributed by atoms with E-state index in [-0.39, 0.29) is 23.5 Å². The Labute approximate surface area is 198 Å². The number of pyridine rings is 1. The minimum atomic E-state index is -0.342. The van der Waals surface area contributed by atoms with Gasteiger partial charge in [-0.3, -0.25) is 9.36 Å². The van der Waals surface area contributed by atoms with Gasteiger partial charge < -0.3 is 25.4 Å². The normalized spacial score (nSPS) is 15.7. The molecular formula is C24H29N7O3. The minimum absolute atomic E-state index is 0.0638. The number of ether oxygens (including phenoxy) is 1. The number of carbonyl (C=O) groups excluding carboxylic acids is 1. The Bertz CT molecular complexity index is 1180. The molecule has 3 aromatic rings. The number of hydrogen-bond donors (Lipinski definition) is 3. The van der Waals surface area contributed by atoms with Gasteiger partial charge in [-0.15, -0.1) is 10.2 Å². The standard InChI is InChI=1S/C24H29N7O3/c1-15(2)27-24(33)23-29-28-22(18-12-16-4-3-7-25-19(16)13-20(18)32)31(23)17-5-6-21(26-14-17)30-8-10-34-11-9-30/h5-6,12-15,25,32H,3-4,7-11H2,1-2H3,(H,27,33). The van der Waals surface area contributed by atoms with Gasteiger partial charge in [0.05, 0.1) is 30.7 Å². The number of phenolic OH excluding ortho intramolecular Hbond substituents is 1. The van der Waals surface area contributed by atoms with E-state index in [9.17, 15) is 9.90 Å². The first kappa shape index (κ1) is 22.1. The van der Waals surface area contributed by atoms with Crippen molar-refractivity contribution in [3.8, 4) is 22.8 Å². The summed E-state index contributed by atoms with van der Waals surface area (Å²) in [4.78, 5) is 19.8. The molecule has 0 aliphatic carbocycles. The Morgan fingerprint density at radius 1 is 1.21 bits per heavy atom. The first-order valence-electron chi connectivity index (χ1n) is 11.7. The number of amides is 1. The summed E-state index contributed by atoms with van der Waals surface area (Å²) in [6.45, 7) is 7.56. The van der Waals surface area contributed by atoms with Crippen molar-refractivity contribution in [1.29, 1.82) is 0 Å². The fourth-order valence-corrected chi connectivity index (χ4v) is 4.35. The number of fused-ring (bicyclic) bond motifs is 1. The van der Waals surface area contributed by atoms with Gasteiger partial charge in [-0.05, 0) is 50.5 Å². The second-order valence-corrected chi connectivity index (χ2v) is 8.84. The smallest absolute Gasteiger partial charge is 0.289 e. The number of rotatable bonds is 5. The molecule has 2 aromatic heterocycles. The van der Waals surface area contributed by atoms with Crippen LogP contribution in [-0.2, 0) is 11.2 Å². The van der Waals surface area contributed by atoms with E-state index in [0.29, 0.717) is 30.3 Å². The molecular weight excluding hydrogens is 434 g/mol. The number of nitrogens with zero attached hydrogens (tertiary/aromatic N) is 5. The molecule has 1 saturated heterocycles. The zero-order chi connectivity index (χ0) is 23.7. The minimum Gasteiger partial charge on any atom is -0.507 e. The van der Waals surface area contributed by atoms with Crippen LogP contribution in [0.5, 0.6) is 5.75 Å². The molecule has 0 bridgehead atoms. The van der Waals surface area contributed by atoms with Crippen LogP contribution in [0.4, 0.5) is 11.5 Å². The molecule has 0 spiro atoms. The summed E-state index contributed by atoms with van der Waals surface area (Å²) in [6, 6.07) is 7.40. The van der Waals surface area contributed by atoms with Crippen molar-refractivity contribution in [2.24, 2.45) is 0 Å². The molecule has 0 atom stereocenters. The van der Waals surface area contributed by atoms with E-state index >= 15 is 0 Å². The van der Waals surface area contributed by atoms with Crippen LogP contribution >= 0.6 is 0 Å². The van der Waals surface area contributed by atoms with Crippen LogP contribution in [0.1, 0.15) is 36.5 Å². The lowest BCUT2D eigenvalue weighted by Gasteiger charge is -2.27. The van der Waals surface area contributed by atoms with Crippen molar-refractivity contribution in [3.05, 3.63) is 41.9 Å². The van der Waals surface area contributed by atoms with Gasteiger partial charge in [0.1, 0.15) is 11.6 Å². The van der Waals surface area contributed by atoms with Crippen molar-refractivity contribution < 1.29 is 14.6 Å². The Morgan fingerprint density at radius 2 is 2.03 bits per heavy atom. The zero-order valence-electron chi connectivity index (χ0n) is 19.4. The van der Waals surface area contributed by atoms with Gasteiger partial charge in [0.15, 0.2) is 5.82 Å². The molecule has 4 heterocycles. The molecule has 10 nitrogen and oxygen atoms in total. The maximum Gasteiger partial charge on any atom is 0.289 e. The van der Waals surface area contributed by atoms with Crippen molar-refractivity contribution >= 4 is 17.4 Å². The number of phenols is 1. The van der Waals surface area contributed by atoms with Gasteiger partial charge in [0, 0.05) is 37.4 Å². The highest BCUT2D eigenvalue weighted by Crippen LogP contribution is 2.36. The van der Waals surface area contributed by atoms with E-state index in [1.54, 1.807) is 16.8 Å². The molecule has 2 aliphatic rings. The lowest BCUT2D eigenvalue weighted by atomic mass is 9.99. The number of aromatic nitrogens is 4. The summed E-state index contributed by atoms with van der Waals surface area (Å²) in [5.74, 6) is 1.11. The van der Waals surface area contributed by atoms with Crippen LogP contribution in [0.25, 0.3) is 17.1 Å². The van der Waals surface area contributed by atoms with Crippen LogP contribution < -0.4 is 15.5 Å². The van der Waals surface area contributed by atoms with E-state index in [1.165, 1.54) is 0 Å². The summed E-state index contributed by atoms with van der Waals surface area (Å²) >= 11 is 0. The van der Waals surface area contributed by atoms with E-state index in [1.807, 2.05) is 32.0 Å². The van der Waals surface area contributed by atoms with Crippen LogP contribution in [0.2, 0.25) is 0 Å². The van der Waals surface area contributed by atoms with Crippen molar-refractivity contribution in [2.75, 3.05) is 43.1 Å². The quantitative estimate of drug-likeness (QED) is 0.528. The van der Waals surface area contributed by atoms with E-state index < -0.39 is 0 Å². The molecule has 2 aliphatic heterocycles. The summed E-state index contributed by atoms with van der Waals surface area (Å²) in [5.41, 5.74) is 3.19. The van der Waals surface area contributed by atoms with Gasteiger partial charge in [-0.2, -0.15) is 0 Å². The third kappa shape index (κ3) is 4.28. The molecule has 0 radical (unpaired) electrons. The van der Waals surface area contributed by atoms with Gasteiger partial charge in [0.2, 0.25) is 5.82 Å². The predicted octanol–water partition coefficient (Wildman–Crippen LogP) is 2.37. The second kappa shape index (κ2) is 9.30. The molecule has 10 heteroatoms. The molecule has 178 valence electrons. The highest BCUT2D eigenvalue weighted by Gasteiger charge is 2.25. The number of benzene rings is 1.